The first-order chi connectivity index (χ1) is 9.47. The summed E-state index contributed by atoms with van der Waals surface area (Å²) in [5.41, 5.74) is 0. The maximum Gasteiger partial charge on any atom is 0.310 e. The molecule has 124 valence electrons. The maximum atomic E-state index is 12.3. The van der Waals surface area contributed by atoms with Gasteiger partial charge < -0.3 is 9.64 Å². The van der Waals surface area contributed by atoms with E-state index < -0.39 is 28.0 Å². The quantitative estimate of drug-likeness (QED) is 0.645. The Morgan fingerprint density at radius 3 is 2.14 bits per heavy atom. The summed E-state index contributed by atoms with van der Waals surface area (Å²) in [6.45, 7) is 5.63. The minimum absolute atomic E-state index is 0.152. The molecular formula is C13H26N2O5S. The molecule has 2 unspecified atom stereocenters. The Labute approximate surface area is 127 Å². The topological polar surface area (TPSA) is 92.8 Å². The number of rotatable bonds is 8. The van der Waals surface area contributed by atoms with Crippen LogP contribution >= 0.6 is 0 Å². The van der Waals surface area contributed by atoms with Gasteiger partial charge in [-0.05, 0) is 12.3 Å². The van der Waals surface area contributed by atoms with Crippen LogP contribution in [0, 0.1) is 11.8 Å². The second kappa shape index (κ2) is 8.33. The highest BCUT2D eigenvalue weighted by Gasteiger charge is 2.27. The molecule has 1 amide bonds. The number of hydrogen-bond acceptors (Lipinski definition) is 5. The molecule has 2 atom stereocenters. The van der Waals surface area contributed by atoms with E-state index in [1.165, 1.54) is 12.0 Å². The zero-order valence-electron chi connectivity index (χ0n) is 13.5. The van der Waals surface area contributed by atoms with E-state index in [1.807, 2.05) is 13.8 Å². The van der Waals surface area contributed by atoms with E-state index in [1.54, 1.807) is 14.0 Å². The van der Waals surface area contributed by atoms with Crippen molar-refractivity contribution < 1.29 is 22.7 Å². The molecule has 0 bridgehead atoms. The Hall–Kier alpha value is -1.15. The highest BCUT2D eigenvalue weighted by Crippen LogP contribution is 2.10. The third-order valence-electron chi connectivity index (χ3n) is 2.89. The molecule has 21 heavy (non-hydrogen) atoms. The van der Waals surface area contributed by atoms with Gasteiger partial charge in [-0.2, -0.15) is 0 Å². The van der Waals surface area contributed by atoms with Gasteiger partial charge in [0.05, 0.1) is 19.3 Å². The molecular weight excluding hydrogens is 296 g/mol. The number of likely N-dealkylation sites (N-methyl/N-ethyl adjacent to an activating group) is 1. The van der Waals surface area contributed by atoms with Gasteiger partial charge in [0.25, 0.3) is 0 Å². The number of hydrogen-bond donors (Lipinski definition) is 1. The standard InChI is InChI=1S/C13H26N2O5S/c1-9(2)7-11(14-21(6,18)19)12(16)15(4)8-10(3)13(17)20-5/h9-11,14H,7-8H2,1-6H3. The van der Waals surface area contributed by atoms with Gasteiger partial charge in [-0.3, -0.25) is 9.59 Å². The fourth-order valence-corrected chi connectivity index (χ4v) is 2.69. The smallest absolute Gasteiger partial charge is 0.310 e. The first kappa shape index (κ1) is 19.9. The normalized spacial score (nSPS) is 14.6. The molecule has 0 aliphatic rings. The van der Waals surface area contributed by atoms with Crippen LogP contribution in [-0.4, -0.2) is 58.2 Å². The van der Waals surface area contributed by atoms with Crippen LogP contribution < -0.4 is 4.72 Å². The summed E-state index contributed by atoms with van der Waals surface area (Å²) < 4.78 is 29.7. The van der Waals surface area contributed by atoms with Crippen molar-refractivity contribution in [3.05, 3.63) is 0 Å². The molecule has 0 saturated heterocycles. The predicted molar refractivity (Wildman–Crippen MR) is 80.0 cm³/mol. The van der Waals surface area contributed by atoms with Crippen molar-refractivity contribution in [2.24, 2.45) is 11.8 Å². The van der Waals surface area contributed by atoms with Gasteiger partial charge in [-0.15, -0.1) is 0 Å². The summed E-state index contributed by atoms with van der Waals surface area (Å²) >= 11 is 0. The van der Waals surface area contributed by atoms with Crippen LogP contribution in [0.1, 0.15) is 27.2 Å². The maximum absolute atomic E-state index is 12.3. The van der Waals surface area contributed by atoms with Gasteiger partial charge in [0.1, 0.15) is 6.04 Å². The van der Waals surface area contributed by atoms with Gasteiger partial charge in [0.15, 0.2) is 0 Å². The van der Waals surface area contributed by atoms with Gasteiger partial charge in [0.2, 0.25) is 15.9 Å². The highest BCUT2D eigenvalue weighted by atomic mass is 32.2. The first-order valence-corrected chi connectivity index (χ1v) is 8.67. The van der Waals surface area contributed by atoms with Gasteiger partial charge in [-0.1, -0.05) is 20.8 Å². The van der Waals surface area contributed by atoms with Crippen molar-refractivity contribution in [2.75, 3.05) is 27.0 Å². The summed E-state index contributed by atoms with van der Waals surface area (Å²) in [6, 6.07) is -0.824. The Morgan fingerprint density at radius 2 is 1.76 bits per heavy atom. The molecule has 0 aliphatic heterocycles. The van der Waals surface area contributed by atoms with Crippen molar-refractivity contribution in [2.45, 2.75) is 33.2 Å². The second-order valence-electron chi connectivity index (χ2n) is 5.72. The lowest BCUT2D eigenvalue weighted by atomic mass is 10.0. The summed E-state index contributed by atoms with van der Waals surface area (Å²) in [5.74, 6) is -1.09. The van der Waals surface area contributed by atoms with Crippen LogP contribution in [0.15, 0.2) is 0 Å². The van der Waals surface area contributed by atoms with Crippen molar-refractivity contribution in [3.8, 4) is 0 Å². The molecule has 0 rings (SSSR count). The van der Waals surface area contributed by atoms with E-state index in [0.717, 1.165) is 6.26 Å². The number of esters is 1. The Bertz CT molecular complexity index is 461. The lowest BCUT2D eigenvalue weighted by Gasteiger charge is -2.26. The van der Waals surface area contributed by atoms with Gasteiger partial charge in [-0.25, -0.2) is 13.1 Å². The molecule has 0 heterocycles. The zero-order chi connectivity index (χ0) is 16.8. The number of nitrogens with zero attached hydrogens (tertiary/aromatic N) is 1. The van der Waals surface area contributed by atoms with Crippen LogP contribution in [0.3, 0.4) is 0 Å². The van der Waals surface area contributed by atoms with Crippen LogP contribution in [0.5, 0.6) is 0 Å². The number of amides is 1. The lowest BCUT2D eigenvalue weighted by Crippen LogP contribution is -2.49. The van der Waals surface area contributed by atoms with E-state index in [4.69, 9.17) is 0 Å². The summed E-state index contributed by atoms with van der Waals surface area (Å²) in [6.07, 6.45) is 1.41. The van der Waals surface area contributed by atoms with Crippen molar-refractivity contribution in [1.29, 1.82) is 0 Å². The summed E-state index contributed by atoms with van der Waals surface area (Å²) in [7, 11) is -0.660. The van der Waals surface area contributed by atoms with Crippen molar-refractivity contribution >= 4 is 21.9 Å². The molecule has 0 radical (unpaired) electrons. The summed E-state index contributed by atoms with van der Waals surface area (Å²) in [4.78, 5) is 25.1. The summed E-state index contributed by atoms with van der Waals surface area (Å²) in [5, 5.41) is 0. The average molecular weight is 322 g/mol. The Kier molecular flexibility index (Phi) is 7.87. The molecule has 0 saturated carbocycles. The van der Waals surface area contributed by atoms with E-state index >= 15 is 0 Å². The molecule has 0 aromatic carbocycles. The van der Waals surface area contributed by atoms with Crippen LogP contribution in [-0.2, 0) is 24.3 Å². The lowest BCUT2D eigenvalue weighted by molar-refractivity contribution is -0.146. The molecule has 7 nitrogen and oxygen atoms in total. The average Bonchev–Trinajstić information content (AvgIpc) is 2.33. The van der Waals surface area contributed by atoms with E-state index in [9.17, 15) is 18.0 Å². The Balaban J connectivity index is 4.89. The number of carbonyl (C=O) groups is 2. The second-order valence-corrected chi connectivity index (χ2v) is 7.50. The minimum atomic E-state index is -3.49. The minimum Gasteiger partial charge on any atom is -0.469 e. The Morgan fingerprint density at radius 1 is 1.24 bits per heavy atom. The SMILES string of the molecule is COC(=O)C(C)CN(C)C(=O)C(CC(C)C)NS(C)(=O)=O. The monoisotopic (exact) mass is 322 g/mol. The number of nitrogens with one attached hydrogen (secondary N) is 1. The molecule has 0 aromatic rings. The molecule has 1 N–H and O–H groups in total. The number of carbonyl (C=O) groups excluding carboxylic acids is 2. The van der Waals surface area contributed by atoms with Crippen LogP contribution in [0.25, 0.3) is 0 Å². The van der Waals surface area contributed by atoms with E-state index in [2.05, 4.69) is 9.46 Å². The van der Waals surface area contributed by atoms with E-state index in [-0.39, 0.29) is 18.4 Å². The third-order valence-corrected chi connectivity index (χ3v) is 3.60. The fraction of sp³-hybridized carbons (Fsp3) is 0.846. The van der Waals surface area contributed by atoms with Crippen molar-refractivity contribution in [3.63, 3.8) is 0 Å². The van der Waals surface area contributed by atoms with Gasteiger partial charge in [0, 0.05) is 13.6 Å². The molecule has 8 heteroatoms. The molecule has 0 spiro atoms. The number of sulfonamides is 1. The number of ether oxygens (including phenoxy) is 1. The zero-order valence-corrected chi connectivity index (χ0v) is 14.4. The van der Waals surface area contributed by atoms with Crippen molar-refractivity contribution in [1.82, 2.24) is 9.62 Å². The highest BCUT2D eigenvalue weighted by molar-refractivity contribution is 7.88. The molecule has 0 fully saturated rings. The fourth-order valence-electron chi connectivity index (χ4n) is 1.97. The molecule has 0 aliphatic carbocycles. The first-order valence-electron chi connectivity index (χ1n) is 6.78. The third kappa shape index (κ3) is 8.01. The van der Waals surface area contributed by atoms with Crippen LogP contribution in [0.2, 0.25) is 0 Å². The number of methoxy groups -OCH3 is 1. The van der Waals surface area contributed by atoms with E-state index in [0.29, 0.717) is 6.42 Å². The molecule has 0 aromatic heterocycles. The largest absolute Gasteiger partial charge is 0.469 e. The van der Waals surface area contributed by atoms with Crippen LogP contribution in [0.4, 0.5) is 0 Å². The predicted octanol–water partition coefficient (Wildman–Crippen LogP) is 0.218. The van der Waals surface area contributed by atoms with Gasteiger partial charge >= 0.3 is 5.97 Å².